The number of anilines is 1. The lowest BCUT2D eigenvalue weighted by Gasteiger charge is -2.30. The Hall–Kier alpha value is -1.69. The number of thiophene rings is 1. The van der Waals surface area contributed by atoms with Crippen LogP contribution < -0.4 is 4.90 Å². The molecule has 0 N–H and O–H groups in total. The molecule has 0 atom stereocenters. The smallest absolute Gasteiger partial charge is 0.291 e. The first-order chi connectivity index (χ1) is 11.6. The molecule has 0 saturated carbocycles. The third-order valence-electron chi connectivity index (χ3n) is 5.29. The van der Waals surface area contributed by atoms with Crippen molar-refractivity contribution in [2.24, 2.45) is 5.92 Å². The van der Waals surface area contributed by atoms with Crippen molar-refractivity contribution in [3.05, 3.63) is 16.1 Å². The number of hydrogen-bond acceptors (Lipinski definition) is 5. The minimum Gasteiger partial charge on any atom is -0.356 e. The highest BCUT2D eigenvalue weighted by Crippen LogP contribution is 2.33. The molecule has 2 fully saturated rings. The maximum Gasteiger partial charge on any atom is 0.291 e. The molecule has 0 radical (unpaired) electrons. The van der Waals surface area contributed by atoms with Crippen molar-refractivity contribution < 1.29 is 4.79 Å². The largest absolute Gasteiger partial charge is 0.356 e. The number of aryl methyl sites for hydroxylation is 1. The number of rotatable bonds is 2. The number of carbonyl (C=O) groups excluding carboxylic acids is 1. The van der Waals surface area contributed by atoms with Gasteiger partial charge in [-0.1, -0.05) is 6.92 Å². The van der Waals surface area contributed by atoms with Crippen molar-refractivity contribution >= 4 is 34.0 Å². The Kier molecular flexibility index (Phi) is 4.16. The summed E-state index contributed by atoms with van der Waals surface area (Å²) in [5.41, 5.74) is 0.920. The van der Waals surface area contributed by atoms with Crippen LogP contribution in [0.25, 0.3) is 10.9 Å². The van der Waals surface area contributed by atoms with Crippen molar-refractivity contribution in [1.82, 2.24) is 14.9 Å². The fraction of sp³-hybridized carbons (Fsp3) is 0.611. The van der Waals surface area contributed by atoms with E-state index in [4.69, 9.17) is 4.98 Å². The maximum absolute atomic E-state index is 12.9. The molecular formula is C18H24N4OS. The normalized spacial score (nSPS) is 19.4. The molecule has 0 spiro atoms. The molecule has 0 bridgehead atoms. The number of fused-ring (bicyclic) bond motifs is 1. The summed E-state index contributed by atoms with van der Waals surface area (Å²) in [6.45, 7) is 8.06. The summed E-state index contributed by atoms with van der Waals surface area (Å²) in [6, 6.07) is 0. The molecule has 6 heteroatoms. The molecule has 4 heterocycles. The summed E-state index contributed by atoms with van der Waals surface area (Å²) in [6.07, 6.45) is 4.54. The van der Waals surface area contributed by atoms with Gasteiger partial charge in [0.15, 0.2) is 0 Å². The lowest BCUT2D eigenvalue weighted by Crippen LogP contribution is -2.39. The Labute approximate surface area is 146 Å². The zero-order chi connectivity index (χ0) is 16.7. The molecule has 0 aliphatic carbocycles. The van der Waals surface area contributed by atoms with Gasteiger partial charge in [-0.2, -0.15) is 0 Å². The molecule has 5 nitrogen and oxygen atoms in total. The molecule has 2 aromatic heterocycles. The van der Waals surface area contributed by atoms with Crippen molar-refractivity contribution in [2.45, 2.75) is 39.5 Å². The van der Waals surface area contributed by atoms with E-state index >= 15 is 0 Å². The maximum atomic E-state index is 12.9. The van der Waals surface area contributed by atoms with Gasteiger partial charge in [-0.05, 0) is 38.5 Å². The number of nitrogens with zero attached hydrogens (tertiary/aromatic N) is 4. The van der Waals surface area contributed by atoms with E-state index in [2.05, 4.69) is 29.1 Å². The number of likely N-dealkylation sites (tertiary alicyclic amines) is 1. The zero-order valence-electron chi connectivity index (χ0n) is 14.4. The second kappa shape index (κ2) is 6.31. The van der Waals surface area contributed by atoms with Crippen LogP contribution in [0.2, 0.25) is 0 Å². The lowest BCUT2D eigenvalue weighted by atomic mass is 9.99. The monoisotopic (exact) mass is 344 g/mol. The number of aromatic nitrogens is 2. The lowest BCUT2D eigenvalue weighted by molar-refractivity contribution is 0.0685. The van der Waals surface area contributed by atoms with Gasteiger partial charge in [0, 0.05) is 36.4 Å². The van der Waals surface area contributed by atoms with E-state index in [0.29, 0.717) is 11.7 Å². The van der Waals surface area contributed by atoms with Crippen molar-refractivity contribution in [1.29, 1.82) is 0 Å². The fourth-order valence-corrected chi connectivity index (χ4v) is 4.47. The summed E-state index contributed by atoms with van der Waals surface area (Å²) in [5, 5.41) is 3.19. The fourth-order valence-electron chi connectivity index (χ4n) is 3.70. The van der Waals surface area contributed by atoms with Crippen LogP contribution in [0.4, 0.5) is 5.82 Å². The molecule has 0 aromatic carbocycles. The van der Waals surface area contributed by atoms with Crippen LogP contribution in [-0.2, 0) is 0 Å². The first-order valence-electron chi connectivity index (χ1n) is 8.93. The van der Waals surface area contributed by atoms with Gasteiger partial charge in [-0.3, -0.25) is 4.79 Å². The summed E-state index contributed by atoms with van der Waals surface area (Å²) in [4.78, 5) is 27.7. The summed E-state index contributed by atoms with van der Waals surface area (Å²) in [5.74, 6) is 2.03. The number of amides is 1. The number of piperidine rings is 1. The summed E-state index contributed by atoms with van der Waals surface area (Å²) >= 11 is 1.69. The Morgan fingerprint density at radius 1 is 1.17 bits per heavy atom. The van der Waals surface area contributed by atoms with Gasteiger partial charge in [0.25, 0.3) is 5.91 Å². The first-order valence-corrected chi connectivity index (χ1v) is 9.81. The Bertz CT molecular complexity index is 758. The van der Waals surface area contributed by atoms with Crippen LogP contribution >= 0.6 is 11.3 Å². The molecule has 2 aliphatic heterocycles. The van der Waals surface area contributed by atoms with Crippen LogP contribution in [-0.4, -0.2) is 47.0 Å². The average molecular weight is 344 g/mol. The van der Waals surface area contributed by atoms with E-state index in [9.17, 15) is 4.79 Å². The van der Waals surface area contributed by atoms with Crippen LogP contribution in [0.15, 0.2) is 5.38 Å². The molecular weight excluding hydrogens is 320 g/mol. The van der Waals surface area contributed by atoms with Gasteiger partial charge < -0.3 is 9.80 Å². The average Bonchev–Trinajstić information content (AvgIpc) is 3.25. The molecule has 24 heavy (non-hydrogen) atoms. The SMILES string of the molecule is Cc1scc2nc(C(=O)N3CCC(C)CC3)nc(N3CCCC3)c12. The topological polar surface area (TPSA) is 49.3 Å². The quantitative estimate of drug-likeness (QED) is 0.837. The van der Waals surface area contributed by atoms with E-state index < -0.39 is 0 Å². The van der Waals surface area contributed by atoms with Gasteiger partial charge in [0.1, 0.15) is 5.82 Å². The molecule has 0 unspecified atom stereocenters. The predicted molar refractivity (Wildman–Crippen MR) is 97.9 cm³/mol. The molecule has 2 aliphatic rings. The van der Waals surface area contributed by atoms with Crippen LogP contribution in [0.3, 0.4) is 0 Å². The Morgan fingerprint density at radius 2 is 1.88 bits per heavy atom. The third kappa shape index (κ3) is 2.77. The third-order valence-corrected chi connectivity index (χ3v) is 6.18. The zero-order valence-corrected chi connectivity index (χ0v) is 15.2. The summed E-state index contributed by atoms with van der Waals surface area (Å²) < 4.78 is 0. The van der Waals surface area contributed by atoms with Gasteiger partial charge in [0.05, 0.1) is 10.9 Å². The van der Waals surface area contributed by atoms with Crippen LogP contribution in [0.1, 0.15) is 48.1 Å². The van der Waals surface area contributed by atoms with Crippen LogP contribution in [0.5, 0.6) is 0 Å². The van der Waals surface area contributed by atoms with Gasteiger partial charge in [-0.15, -0.1) is 11.3 Å². The predicted octanol–water partition coefficient (Wildman–Crippen LogP) is 3.47. The van der Waals surface area contributed by atoms with E-state index in [0.717, 1.165) is 55.7 Å². The number of carbonyl (C=O) groups is 1. The van der Waals surface area contributed by atoms with Gasteiger partial charge in [-0.25, -0.2) is 9.97 Å². The highest BCUT2D eigenvalue weighted by atomic mass is 32.1. The van der Waals surface area contributed by atoms with E-state index in [1.54, 1.807) is 11.3 Å². The van der Waals surface area contributed by atoms with E-state index in [1.807, 2.05) is 4.90 Å². The summed E-state index contributed by atoms with van der Waals surface area (Å²) in [7, 11) is 0. The van der Waals surface area contributed by atoms with Crippen molar-refractivity contribution in [3.8, 4) is 0 Å². The van der Waals surface area contributed by atoms with Crippen molar-refractivity contribution in [2.75, 3.05) is 31.1 Å². The molecule has 2 saturated heterocycles. The highest BCUT2D eigenvalue weighted by molar-refractivity contribution is 7.11. The second-order valence-corrected chi connectivity index (χ2v) is 8.18. The molecule has 128 valence electrons. The minimum absolute atomic E-state index is 0.00639. The van der Waals surface area contributed by atoms with Gasteiger partial charge >= 0.3 is 0 Å². The molecule has 2 aromatic rings. The first kappa shape index (κ1) is 15.8. The number of hydrogen-bond donors (Lipinski definition) is 0. The Morgan fingerprint density at radius 3 is 2.58 bits per heavy atom. The highest BCUT2D eigenvalue weighted by Gasteiger charge is 2.26. The van der Waals surface area contributed by atoms with Gasteiger partial charge in [0.2, 0.25) is 5.82 Å². The van der Waals surface area contributed by atoms with E-state index in [1.165, 1.54) is 17.7 Å². The van der Waals surface area contributed by atoms with Crippen molar-refractivity contribution in [3.63, 3.8) is 0 Å². The molecule has 4 rings (SSSR count). The second-order valence-electron chi connectivity index (χ2n) is 7.09. The molecule has 1 amide bonds. The minimum atomic E-state index is -0.00639. The standard InChI is InChI=1S/C18H24N4OS/c1-12-5-9-22(10-6-12)18(23)16-19-14-11-24-13(2)15(14)17(20-16)21-7-3-4-8-21/h11-12H,3-10H2,1-2H3. The van der Waals surface area contributed by atoms with Crippen LogP contribution in [0, 0.1) is 12.8 Å². The Balaban J connectivity index is 1.72. The van der Waals surface area contributed by atoms with E-state index in [-0.39, 0.29) is 5.91 Å².